The zero-order valence-corrected chi connectivity index (χ0v) is 11.5. The number of hydrogen-bond acceptors (Lipinski definition) is 2. The van der Waals surface area contributed by atoms with Crippen molar-refractivity contribution < 1.29 is 5.11 Å². The number of aliphatic hydroxyl groups is 1. The van der Waals surface area contributed by atoms with Crippen LogP contribution in [0.1, 0.15) is 5.56 Å². The Kier molecular flexibility index (Phi) is 3.54. The van der Waals surface area contributed by atoms with Gasteiger partial charge in [-0.3, -0.25) is 0 Å². The number of aromatic nitrogens is 2. The molecule has 100 valence electrons. The van der Waals surface area contributed by atoms with Crippen molar-refractivity contribution in [2.45, 2.75) is 6.61 Å². The smallest absolute Gasteiger partial charge is 0.0887 e. The predicted octanol–water partition coefficient (Wildman–Crippen LogP) is 3.69. The molecule has 0 saturated carbocycles. The van der Waals surface area contributed by atoms with Crippen LogP contribution in [-0.2, 0) is 6.61 Å². The summed E-state index contributed by atoms with van der Waals surface area (Å²) in [6.07, 6.45) is 3.70. The summed E-state index contributed by atoms with van der Waals surface area (Å²) < 4.78 is 1.70. The van der Waals surface area contributed by atoms with Crippen molar-refractivity contribution in [3.05, 3.63) is 71.5 Å². The molecule has 0 unspecified atom stereocenters. The first kappa shape index (κ1) is 12.9. The first-order chi connectivity index (χ1) is 9.79. The Labute approximate surface area is 122 Å². The van der Waals surface area contributed by atoms with Crippen molar-refractivity contribution in [3.8, 4) is 16.8 Å². The summed E-state index contributed by atoms with van der Waals surface area (Å²) in [7, 11) is 0. The van der Waals surface area contributed by atoms with E-state index in [-0.39, 0.29) is 6.61 Å². The lowest BCUT2D eigenvalue weighted by molar-refractivity contribution is 0.281. The number of hydrogen-bond donors (Lipinski definition) is 1. The quantitative estimate of drug-likeness (QED) is 0.797. The molecule has 3 nitrogen and oxygen atoms in total. The summed E-state index contributed by atoms with van der Waals surface area (Å²) in [4.78, 5) is 0. The molecule has 0 bridgehead atoms. The van der Waals surface area contributed by atoms with Crippen molar-refractivity contribution in [3.63, 3.8) is 0 Å². The summed E-state index contributed by atoms with van der Waals surface area (Å²) >= 11 is 6.23. The summed E-state index contributed by atoms with van der Waals surface area (Å²) in [6, 6.07) is 15.5. The van der Waals surface area contributed by atoms with Gasteiger partial charge in [-0.25, -0.2) is 4.68 Å². The molecule has 0 atom stereocenters. The van der Waals surface area contributed by atoms with Crippen LogP contribution in [0.3, 0.4) is 0 Å². The van der Waals surface area contributed by atoms with Crippen LogP contribution in [0.25, 0.3) is 16.8 Å². The second kappa shape index (κ2) is 5.49. The van der Waals surface area contributed by atoms with E-state index in [2.05, 4.69) is 5.10 Å². The molecule has 4 heteroatoms. The third-order valence-electron chi connectivity index (χ3n) is 3.16. The van der Waals surface area contributed by atoms with E-state index in [4.69, 9.17) is 11.6 Å². The Balaban J connectivity index is 2.07. The minimum Gasteiger partial charge on any atom is -0.392 e. The Morgan fingerprint density at radius 1 is 1.00 bits per heavy atom. The molecule has 0 aliphatic rings. The highest BCUT2D eigenvalue weighted by atomic mass is 35.5. The number of nitrogens with zero attached hydrogens (tertiary/aromatic N) is 2. The molecule has 0 aliphatic heterocycles. The van der Waals surface area contributed by atoms with E-state index in [1.807, 2.05) is 48.7 Å². The highest BCUT2D eigenvalue weighted by molar-refractivity contribution is 6.32. The van der Waals surface area contributed by atoms with E-state index >= 15 is 0 Å². The molecule has 0 amide bonds. The number of benzene rings is 2. The van der Waals surface area contributed by atoms with E-state index in [0.29, 0.717) is 5.02 Å². The Morgan fingerprint density at radius 3 is 2.55 bits per heavy atom. The number of halogens is 1. The SMILES string of the molecule is OCc1cccc(Cl)c1-n1cc(-c2ccccc2)cn1. The van der Waals surface area contributed by atoms with E-state index in [1.54, 1.807) is 16.9 Å². The summed E-state index contributed by atoms with van der Waals surface area (Å²) in [5, 5.41) is 14.4. The minimum atomic E-state index is -0.0730. The van der Waals surface area contributed by atoms with Gasteiger partial charge in [-0.1, -0.05) is 54.1 Å². The molecular weight excluding hydrogens is 272 g/mol. The maximum absolute atomic E-state index is 9.43. The third-order valence-corrected chi connectivity index (χ3v) is 3.46. The van der Waals surface area contributed by atoms with E-state index < -0.39 is 0 Å². The molecule has 0 spiro atoms. The standard InChI is InChI=1S/C16H13ClN2O/c17-15-8-4-7-13(11-20)16(15)19-10-14(9-18-19)12-5-2-1-3-6-12/h1-10,20H,11H2. The maximum Gasteiger partial charge on any atom is 0.0887 e. The lowest BCUT2D eigenvalue weighted by Crippen LogP contribution is -2.01. The number of para-hydroxylation sites is 1. The molecule has 0 fully saturated rings. The topological polar surface area (TPSA) is 38.0 Å². The molecule has 1 aromatic heterocycles. The van der Waals surface area contributed by atoms with Crippen molar-refractivity contribution in [2.24, 2.45) is 0 Å². The van der Waals surface area contributed by atoms with Crippen LogP contribution < -0.4 is 0 Å². The van der Waals surface area contributed by atoms with Crippen molar-refractivity contribution in [1.29, 1.82) is 0 Å². The van der Waals surface area contributed by atoms with Gasteiger partial charge in [-0.05, 0) is 11.6 Å². The van der Waals surface area contributed by atoms with Gasteiger partial charge in [0.1, 0.15) is 0 Å². The van der Waals surface area contributed by atoms with Crippen LogP contribution >= 0.6 is 11.6 Å². The number of aliphatic hydroxyl groups excluding tert-OH is 1. The lowest BCUT2D eigenvalue weighted by atomic mass is 10.1. The molecule has 0 aliphatic carbocycles. The Hall–Kier alpha value is -2.10. The summed E-state index contributed by atoms with van der Waals surface area (Å²) in [5.74, 6) is 0. The van der Waals surface area contributed by atoms with Crippen LogP contribution in [0.4, 0.5) is 0 Å². The second-order valence-electron chi connectivity index (χ2n) is 4.45. The fourth-order valence-electron chi connectivity index (χ4n) is 2.17. The van der Waals surface area contributed by atoms with Gasteiger partial charge < -0.3 is 5.11 Å². The van der Waals surface area contributed by atoms with Crippen LogP contribution in [0.15, 0.2) is 60.9 Å². The van der Waals surface area contributed by atoms with Crippen LogP contribution in [0.5, 0.6) is 0 Å². The van der Waals surface area contributed by atoms with Crippen LogP contribution in [0.2, 0.25) is 5.02 Å². The fraction of sp³-hybridized carbons (Fsp3) is 0.0625. The van der Waals surface area contributed by atoms with E-state index in [9.17, 15) is 5.11 Å². The van der Waals surface area contributed by atoms with Crippen molar-refractivity contribution in [2.75, 3.05) is 0 Å². The van der Waals surface area contributed by atoms with Gasteiger partial charge in [0.25, 0.3) is 0 Å². The van der Waals surface area contributed by atoms with Gasteiger partial charge >= 0.3 is 0 Å². The molecule has 3 aromatic rings. The molecule has 1 heterocycles. The zero-order valence-electron chi connectivity index (χ0n) is 10.7. The lowest BCUT2D eigenvalue weighted by Gasteiger charge is -2.09. The van der Waals surface area contributed by atoms with E-state index in [0.717, 1.165) is 22.4 Å². The van der Waals surface area contributed by atoms with E-state index in [1.165, 1.54) is 0 Å². The summed E-state index contributed by atoms with van der Waals surface area (Å²) in [6.45, 7) is -0.0730. The Bertz CT molecular complexity index is 722. The van der Waals surface area contributed by atoms with Crippen molar-refractivity contribution in [1.82, 2.24) is 9.78 Å². The molecule has 1 N–H and O–H groups in total. The fourth-order valence-corrected chi connectivity index (χ4v) is 2.45. The maximum atomic E-state index is 9.43. The van der Waals surface area contributed by atoms with Gasteiger partial charge in [0, 0.05) is 17.3 Å². The molecule has 0 saturated heterocycles. The highest BCUT2D eigenvalue weighted by Crippen LogP contribution is 2.26. The first-order valence-corrected chi connectivity index (χ1v) is 6.66. The summed E-state index contributed by atoms with van der Waals surface area (Å²) in [5.41, 5.74) is 3.57. The monoisotopic (exact) mass is 284 g/mol. The molecule has 3 rings (SSSR count). The average Bonchev–Trinajstić information content (AvgIpc) is 2.97. The van der Waals surface area contributed by atoms with Crippen molar-refractivity contribution >= 4 is 11.6 Å². The minimum absolute atomic E-state index is 0.0730. The molecular formula is C16H13ClN2O. The molecule has 20 heavy (non-hydrogen) atoms. The zero-order chi connectivity index (χ0) is 13.9. The molecule has 0 radical (unpaired) electrons. The van der Waals surface area contributed by atoms with Gasteiger partial charge in [0.15, 0.2) is 0 Å². The second-order valence-corrected chi connectivity index (χ2v) is 4.85. The normalized spacial score (nSPS) is 10.7. The van der Waals surface area contributed by atoms with Gasteiger partial charge in [0.05, 0.1) is 23.5 Å². The predicted molar refractivity (Wildman–Crippen MR) is 79.9 cm³/mol. The van der Waals surface area contributed by atoms with Crippen LogP contribution in [-0.4, -0.2) is 14.9 Å². The molecule has 2 aromatic carbocycles. The van der Waals surface area contributed by atoms with Gasteiger partial charge in [-0.2, -0.15) is 5.10 Å². The average molecular weight is 285 g/mol. The Morgan fingerprint density at radius 2 is 1.80 bits per heavy atom. The first-order valence-electron chi connectivity index (χ1n) is 6.28. The van der Waals surface area contributed by atoms with Crippen LogP contribution in [0, 0.1) is 0 Å². The highest BCUT2D eigenvalue weighted by Gasteiger charge is 2.10. The van der Waals surface area contributed by atoms with Gasteiger partial charge in [0.2, 0.25) is 0 Å². The van der Waals surface area contributed by atoms with Gasteiger partial charge in [-0.15, -0.1) is 0 Å². The third kappa shape index (κ3) is 2.33. The largest absolute Gasteiger partial charge is 0.392 e. The number of rotatable bonds is 3.